The van der Waals surface area contributed by atoms with E-state index < -0.39 is 11.4 Å². The van der Waals surface area contributed by atoms with E-state index in [9.17, 15) is 9.90 Å². The Morgan fingerprint density at radius 2 is 1.56 bits per heavy atom. The fourth-order valence-corrected chi connectivity index (χ4v) is 1.78. The van der Waals surface area contributed by atoms with Gasteiger partial charge in [0.25, 0.3) is 0 Å². The Labute approximate surface area is 99.8 Å². The lowest BCUT2D eigenvalue weighted by atomic mass is 9.80. The second-order valence-corrected chi connectivity index (χ2v) is 5.31. The van der Waals surface area contributed by atoms with Gasteiger partial charge in [0.05, 0.1) is 5.41 Å². The van der Waals surface area contributed by atoms with E-state index in [1.54, 1.807) is 0 Å². The first-order chi connectivity index (χ1) is 7.25. The molecule has 0 atom stereocenters. The van der Waals surface area contributed by atoms with Gasteiger partial charge in [-0.3, -0.25) is 4.79 Å². The lowest BCUT2D eigenvalue weighted by Crippen LogP contribution is -2.49. The molecule has 96 valence electrons. The van der Waals surface area contributed by atoms with Crippen LogP contribution in [0.4, 0.5) is 0 Å². The molecule has 16 heavy (non-hydrogen) atoms. The number of aliphatic carboxylic acids is 1. The summed E-state index contributed by atoms with van der Waals surface area (Å²) >= 11 is 0. The third kappa shape index (κ3) is 3.21. The fourth-order valence-electron chi connectivity index (χ4n) is 1.78. The molecule has 0 fully saturated rings. The third-order valence-electron chi connectivity index (χ3n) is 4.25. The zero-order valence-electron chi connectivity index (χ0n) is 11.6. The van der Waals surface area contributed by atoms with Crippen molar-refractivity contribution in [3.63, 3.8) is 0 Å². The van der Waals surface area contributed by atoms with Crippen LogP contribution in [0.15, 0.2) is 0 Å². The summed E-state index contributed by atoms with van der Waals surface area (Å²) in [4.78, 5) is 13.6. The molecule has 0 bridgehead atoms. The summed E-state index contributed by atoms with van der Waals surface area (Å²) < 4.78 is 0. The van der Waals surface area contributed by atoms with Gasteiger partial charge in [-0.1, -0.05) is 20.8 Å². The van der Waals surface area contributed by atoms with Gasteiger partial charge < -0.3 is 10.0 Å². The number of hydrogen-bond acceptors (Lipinski definition) is 2. The number of carbonyl (C=O) groups is 1. The normalized spacial score (nSPS) is 13.2. The van der Waals surface area contributed by atoms with E-state index in [1.165, 1.54) is 0 Å². The SMILES string of the molecule is CCC(CC)(CN(C)C(C)(C)CC)C(=O)O. The van der Waals surface area contributed by atoms with Crippen molar-refractivity contribution in [2.45, 2.75) is 59.4 Å². The summed E-state index contributed by atoms with van der Waals surface area (Å²) in [5, 5.41) is 9.38. The monoisotopic (exact) mass is 229 g/mol. The van der Waals surface area contributed by atoms with Crippen molar-refractivity contribution in [1.29, 1.82) is 0 Å². The van der Waals surface area contributed by atoms with Gasteiger partial charge in [0.1, 0.15) is 0 Å². The number of rotatable bonds is 7. The quantitative estimate of drug-likeness (QED) is 0.729. The van der Waals surface area contributed by atoms with Gasteiger partial charge in [-0.15, -0.1) is 0 Å². The molecule has 0 saturated heterocycles. The Balaban J connectivity index is 4.84. The van der Waals surface area contributed by atoms with Crippen molar-refractivity contribution < 1.29 is 9.90 Å². The minimum absolute atomic E-state index is 0.0606. The van der Waals surface area contributed by atoms with Crippen LogP contribution in [0.1, 0.15) is 53.9 Å². The van der Waals surface area contributed by atoms with Crippen LogP contribution in [0.3, 0.4) is 0 Å². The van der Waals surface area contributed by atoms with Gasteiger partial charge >= 0.3 is 5.97 Å². The zero-order chi connectivity index (χ0) is 13.0. The Morgan fingerprint density at radius 3 is 1.81 bits per heavy atom. The predicted molar refractivity (Wildman–Crippen MR) is 67.7 cm³/mol. The molecule has 0 aromatic carbocycles. The Morgan fingerprint density at radius 1 is 1.12 bits per heavy atom. The van der Waals surface area contributed by atoms with Gasteiger partial charge in [-0.2, -0.15) is 0 Å². The van der Waals surface area contributed by atoms with Gasteiger partial charge in [0, 0.05) is 12.1 Å². The maximum atomic E-state index is 11.4. The van der Waals surface area contributed by atoms with Crippen molar-refractivity contribution in [3.8, 4) is 0 Å². The molecule has 0 aromatic rings. The van der Waals surface area contributed by atoms with Crippen LogP contribution in [0.25, 0.3) is 0 Å². The second kappa shape index (κ2) is 5.67. The van der Waals surface area contributed by atoms with E-state index in [4.69, 9.17) is 0 Å². The highest BCUT2D eigenvalue weighted by Crippen LogP contribution is 2.30. The van der Waals surface area contributed by atoms with Crippen molar-refractivity contribution in [2.75, 3.05) is 13.6 Å². The molecule has 0 aliphatic rings. The van der Waals surface area contributed by atoms with Crippen LogP contribution >= 0.6 is 0 Å². The minimum Gasteiger partial charge on any atom is -0.481 e. The maximum absolute atomic E-state index is 11.4. The number of carboxylic acids is 1. The van der Waals surface area contributed by atoms with Crippen LogP contribution < -0.4 is 0 Å². The standard InChI is InChI=1S/C13H27NO2/c1-7-12(4,5)14(6)10-13(8-2,9-3)11(15)16/h7-10H2,1-6H3,(H,15,16). The molecule has 0 spiro atoms. The van der Waals surface area contributed by atoms with Crippen LogP contribution in [-0.2, 0) is 4.79 Å². The second-order valence-electron chi connectivity index (χ2n) is 5.31. The smallest absolute Gasteiger partial charge is 0.310 e. The summed E-state index contributed by atoms with van der Waals surface area (Å²) in [5.41, 5.74) is -0.535. The van der Waals surface area contributed by atoms with E-state index in [1.807, 2.05) is 20.9 Å². The molecule has 0 rings (SSSR count). The molecule has 0 unspecified atom stereocenters. The first-order valence-electron chi connectivity index (χ1n) is 6.20. The van der Waals surface area contributed by atoms with Crippen molar-refractivity contribution >= 4 is 5.97 Å². The van der Waals surface area contributed by atoms with E-state index in [-0.39, 0.29) is 5.54 Å². The Kier molecular flexibility index (Phi) is 5.47. The van der Waals surface area contributed by atoms with Gasteiger partial charge in [0.2, 0.25) is 0 Å². The van der Waals surface area contributed by atoms with Gasteiger partial charge in [-0.25, -0.2) is 0 Å². The van der Waals surface area contributed by atoms with Gasteiger partial charge in [0.15, 0.2) is 0 Å². The predicted octanol–water partition coefficient (Wildman–Crippen LogP) is 3.00. The topological polar surface area (TPSA) is 40.5 Å². The fraction of sp³-hybridized carbons (Fsp3) is 0.923. The number of carboxylic acid groups (broad SMARTS) is 1. The molecular weight excluding hydrogens is 202 g/mol. The molecule has 0 aliphatic carbocycles. The van der Waals surface area contributed by atoms with Crippen LogP contribution in [-0.4, -0.2) is 35.1 Å². The molecule has 3 nitrogen and oxygen atoms in total. The first-order valence-corrected chi connectivity index (χ1v) is 6.20. The minimum atomic E-state index is -0.670. The summed E-state index contributed by atoms with van der Waals surface area (Å²) in [6.07, 6.45) is 2.39. The van der Waals surface area contributed by atoms with E-state index >= 15 is 0 Å². The number of hydrogen-bond donors (Lipinski definition) is 1. The molecule has 0 heterocycles. The molecule has 0 amide bonds. The zero-order valence-corrected chi connectivity index (χ0v) is 11.6. The average Bonchev–Trinajstić information content (AvgIpc) is 2.25. The summed E-state index contributed by atoms with van der Waals surface area (Å²) in [7, 11) is 2.02. The van der Waals surface area contributed by atoms with E-state index in [0.29, 0.717) is 19.4 Å². The molecule has 0 saturated carbocycles. The molecule has 0 aromatic heterocycles. The van der Waals surface area contributed by atoms with Crippen LogP contribution in [0, 0.1) is 5.41 Å². The molecule has 0 radical (unpaired) electrons. The van der Waals surface area contributed by atoms with E-state index in [2.05, 4.69) is 25.7 Å². The van der Waals surface area contributed by atoms with Crippen molar-refractivity contribution in [3.05, 3.63) is 0 Å². The molecular formula is C13H27NO2. The highest BCUT2D eigenvalue weighted by atomic mass is 16.4. The molecule has 1 N–H and O–H groups in total. The first kappa shape index (κ1) is 15.4. The molecule has 0 aliphatic heterocycles. The number of nitrogens with zero attached hydrogens (tertiary/aromatic N) is 1. The lowest BCUT2D eigenvalue weighted by molar-refractivity contribution is -0.151. The average molecular weight is 229 g/mol. The van der Waals surface area contributed by atoms with Gasteiger partial charge in [-0.05, 0) is 40.2 Å². The van der Waals surface area contributed by atoms with Crippen LogP contribution in [0.2, 0.25) is 0 Å². The summed E-state index contributed by atoms with van der Waals surface area (Å²) in [6.45, 7) is 11.0. The largest absolute Gasteiger partial charge is 0.481 e. The highest BCUT2D eigenvalue weighted by Gasteiger charge is 2.38. The highest BCUT2D eigenvalue weighted by molar-refractivity contribution is 5.74. The van der Waals surface area contributed by atoms with E-state index in [0.717, 1.165) is 6.42 Å². The Hall–Kier alpha value is -0.570. The lowest BCUT2D eigenvalue weighted by Gasteiger charge is -2.40. The molecule has 3 heteroatoms. The third-order valence-corrected chi connectivity index (χ3v) is 4.25. The van der Waals surface area contributed by atoms with Crippen molar-refractivity contribution in [2.24, 2.45) is 5.41 Å². The van der Waals surface area contributed by atoms with Crippen molar-refractivity contribution in [1.82, 2.24) is 4.90 Å². The maximum Gasteiger partial charge on any atom is 0.310 e. The van der Waals surface area contributed by atoms with Crippen LogP contribution in [0.5, 0.6) is 0 Å². The summed E-state index contributed by atoms with van der Waals surface area (Å²) in [6, 6.07) is 0. The summed E-state index contributed by atoms with van der Waals surface area (Å²) in [5.74, 6) is -0.670. The Bertz CT molecular complexity index is 232.